The van der Waals surface area contributed by atoms with Crippen LogP contribution < -0.4 is 5.32 Å². The van der Waals surface area contributed by atoms with Gasteiger partial charge in [-0.25, -0.2) is 4.39 Å². The standard InChI is InChI=1S/C18H26FN3O/c1-4-5-6-17(14-7-9-16(19)10-8-14)20-13-18(2,23)15-11-21-22(3)12-15/h7-12,17,20,23H,4-6,13H2,1-3H3. The van der Waals surface area contributed by atoms with Gasteiger partial charge in [0.2, 0.25) is 0 Å². The van der Waals surface area contributed by atoms with Crippen molar-refractivity contribution in [2.45, 2.75) is 44.8 Å². The fourth-order valence-corrected chi connectivity index (χ4v) is 2.61. The SMILES string of the molecule is CCCCC(NCC(C)(O)c1cnn(C)c1)c1ccc(F)cc1. The predicted molar refractivity (Wildman–Crippen MR) is 89.4 cm³/mol. The molecule has 0 radical (unpaired) electrons. The Morgan fingerprint density at radius 2 is 2.04 bits per heavy atom. The zero-order chi connectivity index (χ0) is 16.9. The monoisotopic (exact) mass is 319 g/mol. The number of hydrogen-bond acceptors (Lipinski definition) is 3. The summed E-state index contributed by atoms with van der Waals surface area (Å²) < 4.78 is 14.8. The average molecular weight is 319 g/mol. The predicted octanol–water partition coefficient (Wildman–Crippen LogP) is 3.29. The van der Waals surface area contributed by atoms with Crippen LogP contribution in [0.3, 0.4) is 0 Å². The van der Waals surface area contributed by atoms with Gasteiger partial charge in [-0.2, -0.15) is 5.10 Å². The maximum absolute atomic E-state index is 13.1. The van der Waals surface area contributed by atoms with Gasteiger partial charge in [-0.3, -0.25) is 4.68 Å². The van der Waals surface area contributed by atoms with Gasteiger partial charge in [0, 0.05) is 31.4 Å². The van der Waals surface area contributed by atoms with Crippen LogP contribution in [-0.2, 0) is 12.6 Å². The lowest BCUT2D eigenvalue weighted by atomic mass is 9.96. The number of aliphatic hydroxyl groups is 1. The van der Waals surface area contributed by atoms with E-state index in [2.05, 4.69) is 17.3 Å². The molecule has 0 saturated heterocycles. The van der Waals surface area contributed by atoms with Gasteiger partial charge in [-0.15, -0.1) is 0 Å². The van der Waals surface area contributed by atoms with Gasteiger partial charge in [0.15, 0.2) is 0 Å². The Morgan fingerprint density at radius 1 is 1.35 bits per heavy atom. The fraction of sp³-hybridized carbons (Fsp3) is 0.500. The molecular weight excluding hydrogens is 293 g/mol. The van der Waals surface area contributed by atoms with Crippen LogP contribution in [0.2, 0.25) is 0 Å². The third-order valence-electron chi connectivity index (χ3n) is 4.14. The topological polar surface area (TPSA) is 50.1 Å². The second kappa shape index (κ2) is 7.70. The lowest BCUT2D eigenvalue weighted by molar-refractivity contribution is 0.0532. The van der Waals surface area contributed by atoms with E-state index in [1.165, 1.54) is 12.1 Å². The number of nitrogens with one attached hydrogen (secondary N) is 1. The van der Waals surface area contributed by atoms with E-state index in [1.807, 2.05) is 13.2 Å². The molecule has 1 aromatic carbocycles. The van der Waals surface area contributed by atoms with E-state index >= 15 is 0 Å². The van der Waals surface area contributed by atoms with Crippen molar-refractivity contribution in [3.05, 3.63) is 53.6 Å². The largest absolute Gasteiger partial charge is 0.384 e. The van der Waals surface area contributed by atoms with Crippen molar-refractivity contribution in [3.63, 3.8) is 0 Å². The Labute approximate surface area is 137 Å². The maximum Gasteiger partial charge on any atom is 0.123 e. The van der Waals surface area contributed by atoms with Crippen LogP contribution in [0.25, 0.3) is 0 Å². The van der Waals surface area contributed by atoms with Crippen molar-refractivity contribution in [1.82, 2.24) is 15.1 Å². The van der Waals surface area contributed by atoms with E-state index < -0.39 is 5.60 Å². The van der Waals surface area contributed by atoms with Gasteiger partial charge in [0.25, 0.3) is 0 Å². The second-order valence-electron chi connectivity index (χ2n) is 6.30. The Balaban J connectivity index is 2.06. The smallest absolute Gasteiger partial charge is 0.123 e. The van der Waals surface area contributed by atoms with Gasteiger partial charge < -0.3 is 10.4 Å². The first-order chi connectivity index (χ1) is 10.9. The van der Waals surface area contributed by atoms with E-state index in [4.69, 9.17) is 0 Å². The molecule has 0 aliphatic carbocycles. The Morgan fingerprint density at radius 3 is 2.61 bits per heavy atom. The van der Waals surface area contributed by atoms with Crippen LogP contribution >= 0.6 is 0 Å². The molecule has 2 aromatic rings. The molecule has 5 heteroatoms. The summed E-state index contributed by atoms with van der Waals surface area (Å²) in [6, 6.07) is 6.67. The highest BCUT2D eigenvalue weighted by Gasteiger charge is 2.26. The lowest BCUT2D eigenvalue weighted by Gasteiger charge is -2.27. The van der Waals surface area contributed by atoms with Crippen LogP contribution in [0.5, 0.6) is 0 Å². The van der Waals surface area contributed by atoms with Crippen LogP contribution in [0.1, 0.15) is 50.3 Å². The van der Waals surface area contributed by atoms with E-state index in [0.29, 0.717) is 6.54 Å². The summed E-state index contributed by atoms with van der Waals surface area (Å²) in [5, 5.41) is 18.2. The Hall–Kier alpha value is -1.72. The molecule has 2 atom stereocenters. The number of nitrogens with zero attached hydrogens (tertiary/aromatic N) is 2. The average Bonchev–Trinajstić information content (AvgIpc) is 2.96. The first-order valence-corrected chi connectivity index (χ1v) is 8.12. The number of hydrogen-bond donors (Lipinski definition) is 2. The van der Waals surface area contributed by atoms with E-state index in [1.54, 1.807) is 29.9 Å². The summed E-state index contributed by atoms with van der Waals surface area (Å²) in [6.45, 7) is 4.33. The highest BCUT2D eigenvalue weighted by atomic mass is 19.1. The molecule has 1 heterocycles. The summed E-state index contributed by atoms with van der Waals surface area (Å²) >= 11 is 0. The molecule has 0 fully saturated rings. The number of halogens is 1. The normalized spacial score (nSPS) is 15.3. The number of benzene rings is 1. The summed E-state index contributed by atoms with van der Waals surface area (Å²) in [7, 11) is 1.83. The molecular formula is C18H26FN3O. The third-order valence-corrected chi connectivity index (χ3v) is 4.14. The van der Waals surface area contributed by atoms with Gasteiger partial charge in [-0.1, -0.05) is 31.9 Å². The first kappa shape index (κ1) is 17.6. The minimum absolute atomic E-state index is 0.0960. The number of aromatic nitrogens is 2. The van der Waals surface area contributed by atoms with Crippen molar-refractivity contribution in [1.29, 1.82) is 0 Å². The zero-order valence-corrected chi connectivity index (χ0v) is 14.1. The molecule has 2 rings (SSSR count). The summed E-state index contributed by atoms with van der Waals surface area (Å²) in [4.78, 5) is 0. The van der Waals surface area contributed by atoms with Crippen molar-refractivity contribution < 1.29 is 9.50 Å². The molecule has 23 heavy (non-hydrogen) atoms. The van der Waals surface area contributed by atoms with Crippen molar-refractivity contribution >= 4 is 0 Å². The Bertz CT molecular complexity index is 607. The lowest BCUT2D eigenvalue weighted by Crippen LogP contribution is -2.37. The maximum atomic E-state index is 13.1. The van der Waals surface area contributed by atoms with Crippen molar-refractivity contribution in [3.8, 4) is 0 Å². The van der Waals surface area contributed by atoms with Crippen LogP contribution in [-0.4, -0.2) is 21.4 Å². The quantitative estimate of drug-likeness (QED) is 0.785. The molecule has 1 aromatic heterocycles. The molecule has 0 aliphatic heterocycles. The van der Waals surface area contributed by atoms with Crippen LogP contribution in [0, 0.1) is 5.82 Å². The van der Waals surface area contributed by atoms with Gasteiger partial charge >= 0.3 is 0 Å². The molecule has 0 aliphatic rings. The molecule has 2 N–H and O–H groups in total. The molecule has 2 unspecified atom stereocenters. The molecule has 0 amide bonds. The minimum atomic E-state index is -1.00. The summed E-state index contributed by atoms with van der Waals surface area (Å²) in [5.41, 5.74) is 0.821. The molecule has 0 saturated carbocycles. The molecule has 126 valence electrons. The highest BCUT2D eigenvalue weighted by molar-refractivity contribution is 5.21. The summed E-state index contributed by atoms with van der Waals surface area (Å²) in [6.07, 6.45) is 6.62. The van der Waals surface area contributed by atoms with Crippen molar-refractivity contribution in [2.75, 3.05) is 6.54 Å². The zero-order valence-electron chi connectivity index (χ0n) is 14.1. The van der Waals surface area contributed by atoms with Crippen LogP contribution in [0.4, 0.5) is 4.39 Å². The molecule has 0 bridgehead atoms. The number of aryl methyl sites for hydroxylation is 1. The number of unbranched alkanes of at least 4 members (excludes halogenated alkanes) is 1. The third kappa shape index (κ3) is 4.88. The van der Waals surface area contributed by atoms with E-state index in [-0.39, 0.29) is 11.9 Å². The van der Waals surface area contributed by atoms with Gasteiger partial charge in [-0.05, 0) is 31.0 Å². The first-order valence-electron chi connectivity index (χ1n) is 8.12. The second-order valence-corrected chi connectivity index (χ2v) is 6.30. The highest BCUT2D eigenvalue weighted by Crippen LogP contribution is 2.24. The fourth-order valence-electron chi connectivity index (χ4n) is 2.61. The Kier molecular flexibility index (Phi) is 5.91. The van der Waals surface area contributed by atoms with Crippen LogP contribution in [0.15, 0.2) is 36.7 Å². The molecule has 4 nitrogen and oxygen atoms in total. The molecule has 0 spiro atoms. The van der Waals surface area contributed by atoms with E-state index in [0.717, 1.165) is 30.4 Å². The van der Waals surface area contributed by atoms with E-state index in [9.17, 15) is 9.50 Å². The summed E-state index contributed by atoms with van der Waals surface area (Å²) in [5.74, 6) is -0.231. The minimum Gasteiger partial charge on any atom is -0.384 e. The van der Waals surface area contributed by atoms with Crippen molar-refractivity contribution in [2.24, 2.45) is 7.05 Å². The number of rotatable bonds is 8. The van der Waals surface area contributed by atoms with Gasteiger partial charge in [0.05, 0.1) is 6.20 Å². The van der Waals surface area contributed by atoms with Gasteiger partial charge in [0.1, 0.15) is 11.4 Å².